The summed E-state index contributed by atoms with van der Waals surface area (Å²) < 4.78 is 65.7. The Balaban J connectivity index is 1.51. The Hall–Kier alpha value is -2.27. The number of halogens is 3. The van der Waals surface area contributed by atoms with Gasteiger partial charge in [-0.05, 0) is 37.3 Å². The molecule has 6 nitrogen and oxygen atoms in total. The van der Waals surface area contributed by atoms with Gasteiger partial charge in [0, 0.05) is 16.4 Å². The SMILES string of the molecule is C[C@H](Nc1cc(F)c(S(=O)(=O)Cc2cscn2)cc1Cl)c1cc(OCC2(C)COC2)ccc1F. The Bertz CT molecular complexity index is 1280. The molecule has 34 heavy (non-hydrogen) atoms. The van der Waals surface area contributed by atoms with E-state index in [2.05, 4.69) is 10.3 Å². The Morgan fingerprint density at radius 3 is 2.68 bits per heavy atom. The molecule has 0 saturated carbocycles. The molecule has 0 spiro atoms. The summed E-state index contributed by atoms with van der Waals surface area (Å²) in [5.41, 5.74) is 2.20. The third-order valence-electron chi connectivity index (χ3n) is 5.47. The summed E-state index contributed by atoms with van der Waals surface area (Å²) in [5.74, 6) is -1.36. The van der Waals surface area contributed by atoms with Crippen LogP contribution >= 0.6 is 22.9 Å². The minimum atomic E-state index is -3.99. The highest BCUT2D eigenvalue weighted by Gasteiger charge is 2.34. The van der Waals surface area contributed by atoms with Gasteiger partial charge >= 0.3 is 0 Å². The van der Waals surface area contributed by atoms with Gasteiger partial charge in [-0.15, -0.1) is 11.3 Å². The molecule has 2 heterocycles. The molecule has 1 aliphatic heterocycles. The number of hydrogen-bond acceptors (Lipinski definition) is 7. The number of ether oxygens (including phenoxy) is 2. The summed E-state index contributed by atoms with van der Waals surface area (Å²) in [7, 11) is -3.99. The molecule has 1 aliphatic rings. The van der Waals surface area contributed by atoms with Gasteiger partial charge in [0.1, 0.15) is 22.3 Å². The maximum Gasteiger partial charge on any atom is 0.187 e. The second kappa shape index (κ2) is 9.77. The normalized spacial score (nSPS) is 16.0. The Morgan fingerprint density at radius 1 is 1.26 bits per heavy atom. The van der Waals surface area contributed by atoms with E-state index in [0.29, 0.717) is 36.8 Å². The van der Waals surface area contributed by atoms with Crippen LogP contribution in [0.15, 0.2) is 46.1 Å². The first-order chi connectivity index (χ1) is 16.1. The van der Waals surface area contributed by atoms with Crippen molar-refractivity contribution in [1.82, 2.24) is 4.98 Å². The van der Waals surface area contributed by atoms with Crippen LogP contribution in [-0.4, -0.2) is 33.2 Å². The van der Waals surface area contributed by atoms with Crippen LogP contribution in [0.25, 0.3) is 0 Å². The van der Waals surface area contributed by atoms with Gasteiger partial charge in [-0.25, -0.2) is 22.2 Å². The molecular weight excluding hydrogens is 506 g/mol. The molecule has 1 atom stereocenters. The van der Waals surface area contributed by atoms with E-state index in [4.69, 9.17) is 21.1 Å². The highest BCUT2D eigenvalue weighted by molar-refractivity contribution is 7.90. The monoisotopic (exact) mass is 528 g/mol. The lowest BCUT2D eigenvalue weighted by atomic mass is 9.90. The topological polar surface area (TPSA) is 77.5 Å². The van der Waals surface area contributed by atoms with Gasteiger partial charge in [0.15, 0.2) is 9.84 Å². The maximum atomic E-state index is 14.8. The Morgan fingerprint density at radius 2 is 2.03 bits per heavy atom. The molecule has 1 fully saturated rings. The predicted molar refractivity (Wildman–Crippen MR) is 127 cm³/mol. The smallest absolute Gasteiger partial charge is 0.187 e. The van der Waals surface area contributed by atoms with Gasteiger partial charge in [0.2, 0.25) is 0 Å². The first-order valence-electron chi connectivity index (χ1n) is 10.4. The molecule has 3 aromatic rings. The highest BCUT2D eigenvalue weighted by atomic mass is 35.5. The van der Waals surface area contributed by atoms with Crippen molar-refractivity contribution in [2.75, 3.05) is 25.1 Å². The first kappa shape index (κ1) is 24.8. The molecule has 0 unspecified atom stereocenters. The van der Waals surface area contributed by atoms with Gasteiger partial charge in [-0.1, -0.05) is 18.5 Å². The van der Waals surface area contributed by atoms with Crippen LogP contribution in [0.5, 0.6) is 5.75 Å². The minimum Gasteiger partial charge on any atom is -0.493 e. The largest absolute Gasteiger partial charge is 0.493 e. The summed E-state index contributed by atoms with van der Waals surface area (Å²) in [6.45, 7) is 5.39. The lowest BCUT2D eigenvalue weighted by Gasteiger charge is -2.37. The molecule has 0 amide bonds. The molecule has 0 aliphatic carbocycles. The predicted octanol–water partition coefficient (Wildman–Crippen LogP) is 5.64. The van der Waals surface area contributed by atoms with E-state index in [9.17, 15) is 17.2 Å². The zero-order valence-electron chi connectivity index (χ0n) is 18.5. The fraction of sp³-hybridized carbons (Fsp3) is 0.348. The van der Waals surface area contributed by atoms with Crippen molar-refractivity contribution in [3.8, 4) is 5.75 Å². The summed E-state index contributed by atoms with van der Waals surface area (Å²) in [5, 5.41) is 4.54. The first-order valence-corrected chi connectivity index (χ1v) is 13.4. The number of nitrogens with zero attached hydrogens (tertiary/aromatic N) is 1. The molecule has 0 bridgehead atoms. The van der Waals surface area contributed by atoms with Crippen LogP contribution < -0.4 is 10.1 Å². The average molecular weight is 529 g/mol. The summed E-state index contributed by atoms with van der Waals surface area (Å²) in [6.07, 6.45) is 0. The van der Waals surface area contributed by atoms with Crippen molar-refractivity contribution >= 4 is 38.5 Å². The number of nitrogens with one attached hydrogen (secondary N) is 1. The Labute approximate surface area is 205 Å². The maximum absolute atomic E-state index is 14.8. The van der Waals surface area contributed by atoms with Crippen molar-refractivity contribution in [1.29, 1.82) is 0 Å². The van der Waals surface area contributed by atoms with E-state index in [1.807, 2.05) is 6.92 Å². The Kier molecular flexibility index (Phi) is 7.14. The molecule has 2 aromatic carbocycles. The number of aromatic nitrogens is 1. The van der Waals surface area contributed by atoms with Gasteiger partial charge in [-0.2, -0.15) is 0 Å². The van der Waals surface area contributed by atoms with Gasteiger partial charge < -0.3 is 14.8 Å². The molecule has 182 valence electrons. The molecule has 1 saturated heterocycles. The number of benzene rings is 2. The third kappa shape index (κ3) is 5.51. The minimum absolute atomic E-state index is 0.00387. The fourth-order valence-corrected chi connectivity index (χ4v) is 5.81. The molecule has 1 N–H and O–H groups in total. The van der Waals surface area contributed by atoms with Crippen LogP contribution in [0, 0.1) is 17.0 Å². The van der Waals surface area contributed by atoms with Crippen LogP contribution in [0.4, 0.5) is 14.5 Å². The fourth-order valence-electron chi connectivity index (χ4n) is 3.50. The van der Waals surface area contributed by atoms with Gasteiger partial charge in [0.05, 0.1) is 53.5 Å². The molecule has 11 heteroatoms. The van der Waals surface area contributed by atoms with Crippen molar-refractivity contribution in [2.45, 2.75) is 30.5 Å². The van der Waals surface area contributed by atoms with E-state index < -0.39 is 38.2 Å². The van der Waals surface area contributed by atoms with Crippen molar-refractivity contribution in [3.63, 3.8) is 0 Å². The summed E-state index contributed by atoms with van der Waals surface area (Å²) in [6, 6.07) is 5.88. The van der Waals surface area contributed by atoms with E-state index in [-0.39, 0.29) is 16.1 Å². The molecule has 0 radical (unpaired) electrons. The molecule has 4 rings (SSSR count). The average Bonchev–Trinajstić information content (AvgIpc) is 3.26. The van der Waals surface area contributed by atoms with E-state index in [1.54, 1.807) is 24.4 Å². The standard InChI is InChI=1S/C23H23ClF2N2O4S2/c1-14(17-5-16(3-4-19(17)25)32-12-23(2)10-31-11-23)28-21-7-20(26)22(6-18(21)24)34(29,30)9-15-8-33-13-27-15/h3-8,13-14,28H,9-12H2,1-2H3/t14-/m0/s1. The highest BCUT2D eigenvalue weighted by Crippen LogP contribution is 2.34. The second-order valence-corrected chi connectivity index (χ2v) is 11.7. The van der Waals surface area contributed by atoms with E-state index >= 15 is 0 Å². The number of rotatable bonds is 9. The molecular formula is C23H23ClF2N2O4S2. The number of anilines is 1. The quantitative estimate of drug-likeness (QED) is 0.387. The zero-order chi connectivity index (χ0) is 24.5. The lowest BCUT2D eigenvalue weighted by Crippen LogP contribution is -2.44. The number of sulfone groups is 1. The van der Waals surface area contributed by atoms with Crippen LogP contribution in [0.3, 0.4) is 0 Å². The van der Waals surface area contributed by atoms with Crippen molar-refractivity contribution in [3.05, 3.63) is 69.1 Å². The van der Waals surface area contributed by atoms with Crippen molar-refractivity contribution < 1.29 is 26.7 Å². The third-order valence-corrected chi connectivity index (χ3v) is 8.08. The lowest BCUT2D eigenvalue weighted by molar-refractivity contribution is -0.120. The molecule has 1 aromatic heterocycles. The number of thiazole rings is 1. The van der Waals surface area contributed by atoms with Crippen LogP contribution in [0.2, 0.25) is 5.02 Å². The van der Waals surface area contributed by atoms with Crippen LogP contribution in [-0.2, 0) is 20.3 Å². The summed E-state index contributed by atoms with van der Waals surface area (Å²) in [4.78, 5) is 3.42. The zero-order valence-corrected chi connectivity index (χ0v) is 20.9. The number of hydrogen-bond donors (Lipinski definition) is 1. The summed E-state index contributed by atoms with van der Waals surface area (Å²) >= 11 is 7.53. The van der Waals surface area contributed by atoms with Gasteiger partial charge in [-0.3, -0.25) is 0 Å². The van der Waals surface area contributed by atoms with Gasteiger partial charge in [0.25, 0.3) is 0 Å². The van der Waals surface area contributed by atoms with Crippen LogP contribution in [0.1, 0.15) is 31.1 Å². The second-order valence-electron chi connectivity index (χ2n) is 8.64. The van der Waals surface area contributed by atoms with E-state index in [0.717, 1.165) is 12.1 Å². The van der Waals surface area contributed by atoms with E-state index in [1.165, 1.54) is 22.9 Å². The van der Waals surface area contributed by atoms with Crippen molar-refractivity contribution in [2.24, 2.45) is 5.41 Å².